The Morgan fingerprint density at radius 1 is 1.22 bits per heavy atom. The minimum Gasteiger partial charge on any atom is -0.495 e. The summed E-state index contributed by atoms with van der Waals surface area (Å²) in [5.41, 5.74) is -0.739. The van der Waals surface area contributed by atoms with Gasteiger partial charge in [0.25, 0.3) is 0 Å². The predicted octanol–water partition coefficient (Wildman–Crippen LogP) is 3.80. The fourth-order valence-electron chi connectivity index (χ4n) is 7.32. The molecule has 3 amide bonds. The molecule has 3 aliphatic heterocycles. The topological polar surface area (TPSA) is 174 Å². The smallest absolute Gasteiger partial charge is 0.409 e. The highest BCUT2D eigenvalue weighted by Gasteiger charge is 2.64. The molecule has 2 N–H and O–H groups in total. The van der Waals surface area contributed by atoms with Gasteiger partial charge in [0.2, 0.25) is 11.8 Å². The number of hydrogen-bond donors (Lipinski definition) is 3. The maximum atomic E-state index is 14.1. The Bertz CT molecular complexity index is 1670. The molecule has 1 aromatic rings. The number of ether oxygens (including phenoxy) is 5. The summed E-state index contributed by atoms with van der Waals surface area (Å²) in [6.07, 6.45) is 2.77. The molecule has 8 atom stereocenters. The SMILES string of the molecule is COc1cc2cc(c1Cl)N(C)C(=O)C[C@H](OC(=O)[C@H](C)N(C)C(=O)CCC[SH](C)(C)=O)[C@]1(C)O[C@H]1[C@H](C)[C@@H]1C[C@@](O)(NC(=O)O1)[C@H](OC)CC/C=C(\C)C2. The van der Waals surface area contributed by atoms with Crippen LogP contribution in [0.1, 0.15) is 71.8 Å². The summed E-state index contributed by atoms with van der Waals surface area (Å²) < 4.78 is 41.5. The van der Waals surface area contributed by atoms with Gasteiger partial charge in [0.1, 0.15) is 40.7 Å². The molecule has 0 unspecified atom stereocenters. The predicted molar refractivity (Wildman–Crippen MR) is 207 cm³/mol. The molecule has 16 heteroatoms. The van der Waals surface area contributed by atoms with E-state index >= 15 is 0 Å². The first-order valence-electron chi connectivity index (χ1n) is 18.3. The van der Waals surface area contributed by atoms with Gasteiger partial charge in [-0.25, -0.2) is 9.59 Å². The van der Waals surface area contributed by atoms with Gasteiger partial charge < -0.3 is 38.6 Å². The van der Waals surface area contributed by atoms with Crippen molar-refractivity contribution in [3.8, 4) is 5.75 Å². The summed E-state index contributed by atoms with van der Waals surface area (Å²) in [4.78, 5) is 56.5. The Balaban J connectivity index is 1.70. The number of nitrogens with zero attached hydrogens (tertiary/aromatic N) is 2. The highest BCUT2D eigenvalue weighted by Crippen LogP contribution is 2.49. The molecule has 4 rings (SSSR count). The fourth-order valence-corrected chi connectivity index (χ4v) is 8.56. The molecule has 3 aliphatic rings. The van der Waals surface area contributed by atoms with Crippen molar-refractivity contribution in [1.82, 2.24) is 10.2 Å². The van der Waals surface area contributed by atoms with Crippen LogP contribution in [0, 0.1) is 5.92 Å². The molecule has 1 aromatic carbocycles. The molecule has 0 aliphatic carbocycles. The zero-order chi connectivity index (χ0) is 40.3. The quantitative estimate of drug-likeness (QED) is 0.144. The van der Waals surface area contributed by atoms with Gasteiger partial charge in [-0.2, -0.15) is 0 Å². The van der Waals surface area contributed by atoms with Crippen molar-refractivity contribution in [2.24, 2.45) is 5.92 Å². The van der Waals surface area contributed by atoms with E-state index in [9.17, 15) is 28.5 Å². The fraction of sp³-hybridized carbons (Fsp3) is 0.684. The van der Waals surface area contributed by atoms with Crippen LogP contribution in [0.2, 0.25) is 5.02 Å². The maximum Gasteiger partial charge on any atom is 0.409 e. The van der Waals surface area contributed by atoms with Crippen molar-refractivity contribution in [2.75, 3.05) is 51.5 Å². The second-order valence-electron chi connectivity index (χ2n) is 15.6. The number of alkyl carbamates (subject to hydrolysis) is 1. The number of thiol groups is 1. The van der Waals surface area contributed by atoms with E-state index in [4.69, 9.17) is 35.3 Å². The number of carbonyl (C=O) groups excluding carboxylic acids is 4. The second-order valence-corrected chi connectivity index (χ2v) is 19.6. The highest BCUT2D eigenvalue weighted by molar-refractivity contribution is 8.01. The van der Waals surface area contributed by atoms with Crippen LogP contribution in [-0.4, -0.2) is 126 Å². The summed E-state index contributed by atoms with van der Waals surface area (Å²) in [5, 5.41) is 14.6. The molecule has 3 heterocycles. The average molecular weight is 800 g/mol. The average Bonchev–Trinajstić information content (AvgIpc) is 3.79. The van der Waals surface area contributed by atoms with Gasteiger partial charge >= 0.3 is 12.1 Å². The lowest BCUT2D eigenvalue weighted by Gasteiger charge is -2.43. The zero-order valence-electron chi connectivity index (χ0n) is 33.1. The Labute approximate surface area is 324 Å². The molecule has 54 heavy (non-hydrogen) atoms. The van der Waals surface area contributed by atoms with Crippen LogP contribution in [0.5, 0.6) is 5.75 Å². The normalized spacial score (nSPS) is 31.1. The molecule has 0 saturated carbocycles. The molecule has 4 bridgehead atoms. The molecule has 2 saturated heterocycles. The molecule has 0 aromatic heterocycles. The summed E-state index contributed by atoms with van der Waals surface area (Å²) >= 11 is 6.77. The van der Waals surface area contributed by atoms with Crippen LogP contribution in [0.3, 0.4) is 0 Å². The van der Waals surface area contributed by atoms with E-state index in [-0.39, 0.29) is 30.2 Å². The maximum absolute atomic E-state index is 14.1. The van der Waals surface area contributed by atoms with E-state index in [1.165, 1.54) is 38.0 Å². The third-order valence-electron chi connectivity index (χ3n) is 11.0. The molecule has 2 fully saturated rings. The number of anilines is 1. The number of esters is 1. The third-order valence-corrected chi connectivity index (χ3v) is 12.7. The van der Waals surface area contributed by atoms with Crippen molar-refractivity contribution in [2.45, 2.75) is 114 Å². The van der Waals surface area contributed by atoms with Crippen LogP contribution in [-0.2, 0) is 49.7 Å². The lowest BCUT2D eigenvalue weighted by molar-refractivity contribution is -0.162. The standard InChI is InChI=1S/C38H58ClN3O11S/c1-22-13-11-14-29(50-8)38(47)21-28(51-36(46)40-38)23(2)34-37(4,53-34)30(52-35(45)24(3)41(5)31(43)15-12-16-54(9,10)48)20-32(44)42(6)26-18-25(17-22)19-27(49-7)33(26)39/h13,18-19,23-24,28-30,34,47,54H,11-12,14-17,20-21H2,1-10H3,(H,40,46)/b22-13+/t23-,24+,28+,29-,30+,34+,37+,38+/m1/s1. The molecule has 14 nitrogen and oxygen atoms in total. The number of carbonyl (C=O) groups is 4. The Morgan fingerprint density at radius 2 is 1.91 bits per heavy atom. The van der Waals surface area contributed by atoms with Crippen molar-refractivity contribution >= 4 is 51.1 Å². The van der Waals surface area contributed by atoms with E-state index in [2.05, 4.69) is 5.32 Å². The Morgan fingerprint density at radius 3 is 2.54 bits per heavy atom. The number of rotatable bonds is 9. The number of aliphatic hydroxyl groups is 1. The van der Waals surface area contributed by atoms with Crippen molar-refractivity contribution in [3.05, 3.63) is 34.4 Å². The zero-order valence-corrected chi connectivity index (χ0v) is 34.8. The summed E-state index contributed by atoms with van der Waals surface area (Å²) in [6.45, 7) is 7.03. The van der Waals surface area contributed by atoms with E-state index in [0.29, 0.717) is 42.9 Å². The largest absolute Gasteiger partial charge is 0.495 e. The van der Waals surface area contributed by atoms with Crippen molar-refractivity contribution < 1.29 is 52.2 Å². The molecular weight excluding hydrogens is 742 g/mol. The van der Waals surface area contributed by atoms with E-state index in [1.807, 2.05) is 19.1 Å². The van der Waals surface area contributed by atoms with Gasteiger partial charge in [-0.15, -0.1) is 9.93 Å². The summed E-state index contributed by atoms with van der Waals surface area (Å²) in [6, 6.07) is 2.60. The van der Waals surface area contributed by atoms with Crippen LogP contribution >= 0.6 is 11.6 Å². The van der Waals surface area contributed by atoms with Crippen molar-refractivity contribution in [1.29, 1.82) is 0 Å². The van der Waals surface area contributed by atoms with E-state index < -0.39 is 75.6 Å². The number of allylic oxidation sites excluding steroid dienone is 2. The van der Waals surface area contributed by atoms with Crippen LogP contribution in [0.4, 0.5) is 10.5 Å². The van der Waals surface area contributed by atoms with Gasteiger partial charge in [0.05, 0.1) is 25.3 Å². The number of fused-ring (bicyclic) bond motifs is 5. The van der Waals surface area contributed by atoms with Crippen LogP contribution in [0.15, 0.2) is 23.8 Å². The van der Waals surface area contributed by atoms with Gasteiger partial charge in [0.15, 0.2) is 5.72 Å². The highest BCUT2D eigenvalue weighted by atomic mass is 35.5. The Hall–Kier alpha value is -3.24. The molecular formula is C38H58ClN3O11S. The number of methoxy groups -OCH3 is 2. The lowest BCUT2D eigenvalue weighted by atomic mass is 9.83. The summed E-state index contributed by atoms with van der Waals surface area (Å²) in [7, 11) is 3.73. The lowest BCUT2D eigenvalue weighted by Crippen LogP contribution is -2.64. The van der Waals surface area contributed by atoms with E-state index in [1.54, 1.807) is 39.5 Å². The number of likely N-dealkylation sites (N-methyl/N-ethyl adjacent to an activating group) is 1. The monoisotopic (exact) mass is 799 g/mol. The first-order valence-corrected chi connectivity index (χ1v) is 21.5. The minimum atomic E-state index is -2.31. The number of halogens is 1. The van der Waals surface area contributed by atoms with Gasteiger partial charge in [-0.05, 0) is 76.7 Å². The first-order chi connectivity index (χ1) is 25.1. The van der Waals surface area contributed by atoms with Crippen LogP contribution in [0.25, 0.3) is 0 Å². The number of nitrogens with one attached hydrogen (secondary N) is 1. The number of epoxide rings is 1. The number of amides is 3. The van der Waals surface area contributed by atoms with Crippen molar-refractivity contribution in [3.63, 3.8) is 0 Å². The van der Waals surface area contributed by atoms with Gasteiger partial charge in [0, 0.05) is 45.7 Å². The molecule has 304 valence electrons. The summed E-state index contributed by atoms with van der Waals surface area (Å²) in [5.74, 6) is -1.24. The number of benzene rings is 1. The van der Waals surface area contributed by atoms with Gasteiger partial charge in [-0.3, -0.25) is 19.1 Å². The molecule has 0 radical (unpaired) electrons. The van der Waals surface area contributed by atoms with Crippen LogP contribution < -0.4 is 15.0 Å². The third kappa shape index (κ3) is 10.1. The second kappa shape index (κ2) is 17.3. The van der Waals surface area contributed by atoms with E-state index in [0.717, 1.165) is 11.1 Å². The number of hydrogen-bond acceptors (Lipinski definition) is 11. The van der Waals surface area contributed by atoms with Gasteiger partial charge in [-0.1, -0.05) is 30.2 Å². The molecule has 0 spiro atoms. The Kier molecular flexibility index (Phi) is 13.9. The minimum absolute atomic E-state index is 0.0112. The first kappa shape index (κ1) is 43.5.